The molecule has 60 valence electrons. The Labute approximate surface area is 64.3 Å². The second-order valence-electron chi connectivity index (χ2n) is 1.99. The van der Waals surface area contributed by atoms with Crippen LogP contribution in [0.3, 0.4) is 0 Å². The number of aliphatic carboxylic acids is 1. The van der Waals surface area contributed by atoms with Crippen molar-refractivity contribution in [3.8, 4) is 0 Å². The highest BCUT2D eigenvalue weighted by atomic mass is 16.4. The van der Waals surface area contributed by atoms with Crippen molar-refractivity contribution in [2.75, 3.05) is 0 Å². The van der Waals surface area contributed by atoms with E-state index in [1.807, 2.05) is 0 Å². The summed E-state index contributed by atoms with van der Waals surface area (Å²) in [6.45, 7) is 3.41. The van der Waals surface area contributed by atoms with Crippen molar-refractivity contribution in [3.63, 3.8) is 0 Å². The number of carboxylic acid groups (broad SMARTS) is 1. The molecule has 0 saturated carbocycles. The molecule has 0 aliphatic heterocycles. The Morgan fingerprint density at radius 3 is 2.45 bits per heavy atom. The molecule has 0 saturated heterocycles. The fourth-order valence-corrected chi connectivity index (χ4v) is 0.539. The summed E-state index contributed by atoms with van der Waals surface area (Å²) in [4.78, 5) is 23.2. The van der Waals surface area contributed by atoms with Crippen molar-refractivity contribution >= 4 is 12.0 Å². The number of carbonyl (C=O) groups is 1. The molecule has 0 spiro atoms. The van der Waals surface area contributed by atoms with Gasteiger partial charge in [-0.3, -0.25) is 0 Å². The monoisotopic (exact) mass is 155 g/mol. The number of hydrogen-bond acceptors (Lipinski definition) is 3. The summed E-state index contributed by atoms with van der Waals surface area (Å²) in [5.41, 5.74) is 0.364. The van der Waals surface area contributed by atoms with Crippen LogP contribution in [0.25, 0.3) is 0 Å². The molecule has 0 radical (unpaired) electrons. The maximum absolute atomic E-state index is 10.4. The number of isocyanates is 1. The van der Waals surface area contributed by atoms with E-state index in [0.29, 0.717) is 12.0 Å². The molecule has 11 heavy (non-hydrogen) atoms. The predicted molar refractivity (Wildman–Crippen MR) is 38.7 cm³/mol. The molecule has 0 fully saturated rings. The Bertz CT molecular complexity index is 232. The second kappa shape index (κ2) is 4.41. The first-order chi connectivity index (χ1) is 5.13. The maximum Gasteiger partial charge on any atom is 0.355 e. The van der Waals surface area contributed by atoms with Crippen molar-refractivity contribution in [3.05, 3.63) is 11.3 Å². The van der Waals surface area contributed by atoms with Crippen LogP contribution in [-0.2, 0) is 9.59 Å². The first kappa shape index (κ1) is 9.59. The Morgan fingerprint density at radius 1 is 1.64 bits per heavy atom. The molecule has 0 atom stereocenters. The first-order valence-corrected chi connectivity index (χ1v) is 3.14. The summed E-state index contributed by atoms with van der Waals surface area (Å²) in [5.74, 6) is -1.19. The third-order valence-electron chi connectivity index (χ3n) is 1.29. The van der Waals surface area contributed by atoms with Gasteiger partial charge in [0.2, 0.25) is 6.08 Å². The van der Waals surface area contributed by atoms with Gasteiger partial charge in [0.05, 0.1) is 0 Å². The lowest BCUT2D eigenvalue weighted by molar-refractivity contribution is -0.132. The zero-order chi connectivity index (χ0) is 8.85. The molecule has 0 rings (SSSR count). The number of allylic oxidation sites excluding steroid dienone is 1. The van der Waals surface area contributed by atoms with Gasteiger partial charge in [0.1, 0.15) is 0 Å². The molecule has 0 heterocycles. The van der Waals surface area contributed by atoms with Crippen LogP contribution < -0.4 is 0 Å². The van der Waals surface area contributed by atoms with Gasteiger partial charge in [-0.2, -0.15) is 4.99 Å². The summed E-state index contributed by atoms with van der Waals surface area (Å²) in [6.07, 6.45) is 1.76. The summed E-state index contributed by atoms with van der Waals surface area (Å²) < 4.78 is 0. The predicted octanol–water partition coefficient (Wildman–Crippen LogP) is 1.09. The van der Waals surface area contributed by atoms with E-state index in [1.54, 1.807) is 13.8 Å². The van der Waals surface area contributed by atoms with Crippen LogP contribution >= 0.6 is 0 Å². The first-order valence-electron chi connectivity index (χ1n) is 3.14. The number of carbonyl (C=O) groups excluding carboxylic acids is 1. The van der Waals surface area contributed by atoms with Gasteiger partial charge in [0.15, 0.2) is 5.70 Å². The van der Waals surface area contributed by atoms with Gasteiger partial charge in [-0.1, -0.05) is 6.92 Å². The fourth-order valence-electron chi connectivity index (χ4n) is 0.539. The summed E-state index contributed by atoms with van der Waals surface area (Å²) in [7, 11) is 0. The van der Waals surface area contributed by atoms with Crippen molar-refractivity contribution in [1.82, 2.24) is 0 Å². The lowest BCUT2D eigenvalue weighted by Crippen LogP contribution is -2.00. The number of hydrogen-bond donors (Lipinski definition) is 1. The minimum absolute atomic E-state index is 0.206. The summed E-state index contributed by atoms with van der Waals surface area (Å²) in [6, 6.07) is 0. The molecule has 0 aliphatic carbocycles. The topological polar surface area (TPSA) is 66.7 Å². The highest BCUT2D eigenvalue weighted by Crippen LogP contribution is 2.08. The van der Waals surface area contributed by atoms with Gasteiger partial charge in [-0.15, -0.1) is 0 Å². The smallest absolute Gasteiger partial charge is 0.355 e. The molecule has 4 nitrogen and oxygen atoms in total. The Balaban J connectivity index is 4.87. The molecule has 4 heteroatoms. The molecule has 0 aromatic rings. The van der Waals surface area contributed by atoms with Gasteiger partial charge >= 0.3 is 5.97 Å². The molecule has 0 aromatic heterocycles. The maximum atomic E-state index is 10.4. The van der Waals surface area contributed by atoms with E-state index in [-0.39, 0.29) is 5.70 Å². The standard InChI is InChI=1S/C7H9NO3/c1-3-5(2)6(7(10)11)8-4-9/h3H2,1-2H3,(H,10,11). The summed E-state index contributed by atoms with van der Waals surface area (Å²) >= 11 is 0. The van der Waals surface area contributed by atoms with Crippen LogP contribution in [0.15, 0.2) is 16.3 Å². The molecular weight excluding hydrogens is 146 g/mol. The van der Waals surface area contributed by atoms with Crippen LogP contribution in [-0.4, -0.2) is 17.2 Å². The minimum atomic E-state index is -1.19. The Kier molecular flexibility index (Phi) is 3.85. The average molecular weight is 155 g/mol. The third kappa shape index (κ3) is 2.78. The SMILES string of the molecule is CCC(C)=C(N=C=O)C(=O)O. The van der Waals surface area contributed by atoms with Gasteiger partial charge in [0.25, 0.3) is 0 Å². The molecule has 0 aromatic carbocycles. The summed E-state index contributed by atoms with van der Waals surface area (Å²) in [5, 5.41) is 8.48. The van der Waals surface area contributed by atoms with Gasteiger partial charge < -0.3 is 5.11 Å². The average Bonchev–Trinajstić information content (AvgIpc) is 1.98. The lowest BCUT2D eigenvalue weighted by atomic mass is 10.2. The third-order valence-corrected chi connectivity index (χ3v) is 1.29. The number of nitrogens with zero attached hydrogens (tertiary/aromatic N) is 1. The Morgan fingerprint density at radius 2 is 2.18 bits per heavy atom. The zero-order valence-corrected chi connectivity index (χ0v) is 6.42. The fraction of sp³-hybridized carbons (Fsp3) is 0.429. The lowest BCUT2D eigenvalue weighted by Gasteiger charge is -1.96. The van der Waals surface area contributed by atoms with E-state index in [4.69, 9.17) is 5.11 Å². The largest absolute Gasteiger partial charge is 0.476 e. The Hall–Kier alpha value is -1.41. The zero-order valence-electron chi connectivity index (χ0n) is 6.42. The number of carboxylic acids is 1. The van der Waals surface area contributed by atoms with E-state index < -0.39 is 5.97 Å². The van der Waals surface area contributed by atoms with E-state index in [1.165, 1.54) is 6.08 Å². The molecular formula is C7H9NO3. The molecule has 0 unspecified atom stereocenters. The van der Waals surface area contributed by atoms with Crippen molar-refractivity contribution in [1.29, 1.82) is 0 Å². The number of rotatable bonds is 3. The molecule has 1 N–H and O–H groups in total. The van der Waals surface area contributed by atoms with Crippen LogP contribution in [0.5, 0.6) is 0 Å². The van der Waals surface area contributed by atoms with E-state index in [9.17, 15) is 9.59 Å². The molecule has 0 amide bonds. The van der Waals surface area contributed by atoms with Crippen LogP contribution in [0.1, 0.15) is 20.3 Å². The van der Waals surface area contributed by atoms with Crippen LogP contribution in [0.4, 0.5) is 0 Å². The molecule has 0 bridgehead atoms. The highest BCUT2D eigenvalue weighted by molar-refractivity contribution is 5.88. The molecule has 0 aliphatic rings. The van der Waals surface area contributed by atoms with E-state index >= 15 is 0 Å². The van der Waals surface area contributed by atoms with Crippen molar-refractivity contribution in [2.45, 2.75) is 20.3 Å². The number of aliphatic imine (C=N–C) groups is 1. The van der Waals surface area contributed by atoms with E-state index in [2.05, 4.69) is 4.99 Å². The van der Waals surface area contributed by atoms with E-state index in [0.717, 1.165) is 0 Å². The second-order valence-corrected chi connectivity index (χ2v) is 1.99. The van der Waals surface area contributed by atoms with Crippen molar-refractivity contribution in [2.24, 2.45) is 4.99 Å². The van der Waals surface area contributed by atoms with Crippen LogP contribution in [0, 0.1) is 0 Å². The quantitative estimate of drug-likeness (QED) is 0.377. The van der Waals surface area contributed by atoms with Gasteiger partial charge in [0, 0.05) is 0 Å². The van der Waals surface area contributed by atoms with Gasteiger partial charge in [-0.25, -0.2) is 9.59 Å². The van der Waals surface area contributed by atoms with Gasteiger partial charge in [-0.05, 0) is 18.9 Å². The van der Waals surface area contributed by atoms with Crippen molar-refractivity contribution < 1.29 is 14.7 Å². The van der Waals surface area contributed by atoms with Crippen LogP contribution in [0.2, 0.25) is 0 Å². The minimum Gasteiger partial charge on any atom is -0.476 e. The normalized spacial score (nSPS) is 11.5. The highest BCUT2D eigenvalue weighted by Gasteiger charge is 2.08.